The molecule has 0 unspecified atom stereocenters. The molecule has 8 nitrogen and oxygen atoms in total. The molecule has 4 aromatic rings. The maximum absolute atomic E-state index is 12.7. The Bertz CT molecular complexity index is 1260. The summed E-state index contributed by atoms with van der Waals surface area (Å²) in [6, 6.07) is 17.0. The molecule has 0 aliphatic rings. The van der Waals surface area contributed by atoms with Crippen LogP contribution in [0.1, 0.15) is 5.56 Å². The van der Waals surface area contributed by atoms with Crippen LogP contribution in [-0.4, -0.2) is 28.4 Å². The van der Waals surface area contributed by atoms with Crippen molar-refractivity contribution in [1.29, 1.82) is 0 Å². The van der Waals surface area contributed by atoms with Crippen LogP contribution in [0.25, 0.3) is 5.82 Å². The van der Waals surface area contributed by atoms with Gasteiger partial charge in [-0.15, -0.1) is 10.2 Å². The average molecular weight is 441 g/mol. The molecule has 2 aromatic heterocycles. The third-order valence-corrected chi connectivity index (χ3v) is 6.24. The highest BCUT2D eigenvalue weighted by Gasteiger charge is 2.18. The molecule has 0 spiro atoms. The zero-order valence-electron chi connectivity index (χ0n) is 15.8. The van der Waals surface area contributed by atoms with E-state index in [1.54, 1.807) is 78.6 Å². The van der Waals surface area contributed by atoms with Crippen LogP contribution >= 0.6 is 11.6 Å². The van der Waals surface area contributed by atoms with Crippen molar-refractivity contribution in [3.63, 3.8) is 0 Å². The molecule has 0 atom stereocenters. The minimum atomic E-state index is -3.75. The lowest BCUT2D eigenvalue weighted by molar-refractivity contribution is 0.600. The Morgan fingerprint density at radius 1 is 0.933 bits per heavy atom. The second-order valence-corrected chi connectivity index (χ2v) is 8.46. The summed E-state index contributed by atoms with van der Waals surface area (Å²) in [4.78, 5) is 0.143. The molecule has 0 amide bonds. The second-order valence-electron chi connectivity index (χ2n) is 6.40. The van der Waals surface area contributed by atoms with Crippen molar-refractivity contribution in [3.8, 4) is 5.82 Å². The Kier molecular flexibility index (Phi) is 5.39. The molecule has 2 N–H and O–H groups in total. The molecule has 0 aliphatic carbocycles. The number of aromatic nitrogens is 4. The molecule has 0 saturated carbocycles. The number of benzene rings is 2. The van der Waals surface area contributed by atoms with Gasteiger partial charge < -0.3 is 5.32 Å². The van der Waals surface area contributed by atoms with Crippen molar-refractivity contribution >= 4 is 38.8 Å². The number of hydrogen-bond acceptors (Lipinski definition) is 6. The van der Waals surface area contributed by atoms with E-state index in [2.05, 4.69) is 25.3 Å². The van der Waals surface area contributed by atoms with Crippen LogP contribution in [0.15, 0.2) is 78.0 Å². The summed E-state index contributed by atoms with van der Waals surface area (Å²) in [5.41, 5.74) is 1.67. The molecule has 0 fully saturated rings. The maximum Gasteiger partial charge on any atom is 0.262 e. The van der Waals surface area contributed by atoms with Gasteiger partial charge in [0.15, 0.2) is 11.6 Å². The van der Waals surface area contributed by atoms with Crippen molar-refractivity contribution in [3.05, 3.63) is 83.6 Å². The number of hydrogen-bond donors (Lipinski definition) is 2. The number of nitrogens with zero attached hydrogens (tertiary/aromatic N) is 4. The lowest BCUT2D eigenvalue weighted by Crippen LogP contribution is -2.14. The SMILES string of the molecule is Cc1c(Cl)cccc1S(=O)(=O)Nc1ccc(Nc2ccc(-n3cccn3)nn2)cc1. The van der Waals surface area contributed by atoms with Crippen LogP contribution in [0.3, 0.4) is 0 Å². The fourth-order valence-corrected chi connectivity index (χ4v) is 4.33. The first kappa shape index (κ1) is 19.9. The lowest BCUT2D eigenvalue weighted by atomic mass is 10.2. The minimum Gasteiger partial charge on any atom is -0.339 e. The van der Waals surface area contributed by atoms with Gasteiger partial charge in [0.25, 0.3) is 10.0 Å². The predicted molar refractivity (Wildman–Crippen MR) is 116 cm³/mol. The molecule has 4 rings (SSSR count). The largest absolute Gasteiger partial charge is 0.339 e. The van der Waals surface area contributed by atoms with Crippen molar-refractivity contribution in [2.45, 2.75) is 11.8 Å². The standard InChI is InChI=1S/C20H17ClN6O2S/c1-14-17(21)4-2-5-18(14)30(28,29)26-16-8-6-15(7-9-16)23-19-10-11-20(25-24-19)27-13-3-12-22-27/h2-13,26H,1H3,(H,23,24). The van der Waals surface area contributed by atoms with Crippen LogP contribution in [-0.2, 0) is 10.0 Å². The van der Waals surface area contributed by atoms with Gasteiger partial charge in [0, 0.05) is 28.8 Å². The topological polar surface area (TPSA) is 102 Å². The van der Waals surface area contributed by atoms with Gasteiger partial charge in [0.2, 0.25) is 0 Å². The van der Waals surface area contributed by atoms with Crippen LogP contribution < -0.4 is 10.0 Å². The number of nitrogens with one attached hydrogen (secondary N) is 2. The Balaban J connectivity index is 1.46. The zero-order valence-corrected chi connectivity index (χ0v) is 17.4. The molecule has 30 heavy (non-hydrogen) atoms. The zero-order chi connectivity index (χ0) is 21.1. The fraction of sp³-hybridized carbons (Fsp3) is 0.0500. The Labute approximate surface area is 178 Å². The molecule has 0 aliphatic heterocycles. The summed E-state index contributed by atoms with van der Waals surface area (Å²) in [6.07, 6.45) is 3.44. The molecule has 10 heteroatoms. The Morgan fingerprint density at radius 3 is 2.37 bits per heavy atom. The number of anilines is 3. The normalized spacial score (nSPS) is 11.3. The van der Waals surface area contributed by atoms with Gasteiger partial charge in [-0.1, -0.05) is 17.7 Å². The number of rotatable bonds is 6. The van der Waals surface area contributed by atoms with E-state index in [1.165, 1.54) is 6.07 Å². The quantitative estimate of drug-likeness (QED) is 0.466. The molecule has 2 heterocycles. The highest BCUT2D eigenvalue weighted by molar-refractivity contribution is 7.92. The van der Waals surface area contributed by atoms with Crippen molar-refractivity contribution < 1.29 is 8.42 Å². The third-order valence-electron chi connectivity index (χ3n) is 4.31. The van der Waals surface area contributed by atoms with Crippen molar-refractivity contribution in [1.82, 2.24) is 20.0 Å². The monoisotopic (exact) mass is 440 g/mol. The van der Waals surface area contributed by atoms with Crippen LogP contribution in [0.2, 0.25) is 5.02 Å². The average Bonchev–Trinajstić information content (AvgIpc) is 3.27. The molecule has 0 bridgehead atoms. The molecule has 0 saturated heterocycles. The first-order chi connectivity index (χ1) is 14.4. The molecular weight excluding hydrogens is 424 g/mol. The van der Waals surface area contributed by atoms with E-state index in [9.17, 15) is 8.42 Å². The predicted octanol–water partition coefficient (Wildman–Crippen LogP) is 4.17. The summed E-state index contributed by atoms with van der Waals surface area (Å²) in [5.74, 6) is 1.15. The summed E-state index contributed by atoms with van der Waals surface area (Å²) in [6.45, 7) is 1.67. The van der Waals surface area contributed by atoms with Crippen LogP contribution in [0, 0.1) is 6.92 Å². The van der Waals surface area contributed by atoms with E-state index in [0.717, 1.165) is 5.69 Å². The summed E-state index contributed by atoms with van der Waals surface area (Å²) >= 11 is 6.04. The number of halogens is 1. The van der Waals surface area contributed by atoms with Gasteiger partial charge in [-0.05, 0) is 67.1 Å². The first-order valence-electron chi connectivity index (χ1n) is 8.91. The molecular formula is C20H17ClN6O2S. The highest BCUT2D eigenvalue weighted by Crippen LogP contribution is 2.25. The molecule has 152 valence electrons. The van der Waals surface area contributed by atoms with E-state index in [1.807, 2.05) is 0 Å². The van der Waals surface area contributed by atoms with Gasteiger partial charge in [0.05, 0.1) is 4.90 Å². The summed E-state index contributed by atoms with van der Waals surface area (Å²) in [7, 11) is -3.75. The lowest BCUT2D eigenvalue weighted by Gasteiger charge is -2.12. The third kappa shape index (κ3) is 4.27. The van der Waals surface area contributed by atoms with E-state index in [4.69, 9.17) is 11.6 Å². The number of sulfonamides is 1. The van der Waals surface area contributed by atoms with Gasteiger partial charge in [-0.3, -0.25) is 4.72 Å². The summed E-state index contributed by atoms with van der Waals surface area (Å²) < 4.78 is 29.5. The van der Waals surface area contributed by atoms with Crippen LogP contribution in [0.5, 0.6) is 0 Å². The highest BCUT2D eigenvalue weighted by atomic mass is 35.5. The van der Waals surface area contributed by atoms with E-state index >= 15 is 0 Å². The smallest absolute Gasteiger partial charge is 0.262 e. The minimum absolute atomic E-state index is 0.143. The van der Waals surface area contributed by atoms with E-state index in [-0.39, 0.29) is 4.90 Å². The Hall–Kier alpha value is -3.43. The molecule has 0 radical (unpaired) electrons. The summed E-state index contributed by atoms with van der Waals surface area (Å²) in [5, 5.41) is 15.9. The van der Waals surface area contributed by atoms with Crippen molar-refractivity contribution in [2.24, 2.45) is 0 Å². The Morgan fingerprint density at radius 2 is 1.70 bits per heavy atom. The molecule has 2 aromatic carbocycles. The van der Waals surface area contributed by atoms with Crippen LogP contribution in [0.4, 0.5) is 17.2 Å². The first-order valence-corrected chi connectivity index (χ1v) is 10.8. The van der Waals surface area contributed by atoms with E-state index in [0.29, 0.717) is 27.9 Å². The van der Waals surface area contributed by atoms with Gasteiger partial charge >= 0.3 is 0 Å². The second kappa shape index (κ2) is 8.13. The van der Waals surface area contributed by atoms with Gasteiger partial charge in [-0.2, -0.15) is 5.10 Å². The van der Waals surface area contributed by atoms with E-state index < -0.39 is 10.0 Å². The fourth-order valence-electron chi connectivity index (χ4n) is 2.78. The van der Waals surface area contributed by atoms with Gasteiger partial charge in [0.1, 0.15) is 0 Å². The maximum atomic E-state index is 12.7. The van der Waals surface area contributed by atoms with Crippen molar-refractivity contribution in [2.75, 3.05) is 10.0 Å². The van der Waals surface area contributed by atoms with Gasteiger partial charge in [-0.25, -0.2) is 13.1 Å².